The monoisotopic (exact) mass is 461 g/mol. The number of carbonyl (C=O) groups is 2. The lowest BCUT2D eigenvalue weighted by atomic mass is 10.2. The molecule has 3 rings (SSSR count). The summed E-state index contributed by atoms with van der Waals surface area (Å²) in [7, 11) is 1.74. The van der Waals surface area contributed by atoms with E-state index in [0.717, 1.165) is 15.7 Å². The van der Waals surface area contributed by atoms with Crippen LogP contribution in [0.3, 0.4) is 0 Å². The Labute approximate surface area is 178 Å². The van der Waals surface area contributed by atoms with E-state index in [0.29, 0.717) is 30.4 Å². The third kappa shape index (κ3) is 5.48. The minimum atomic E-state index is -0.500. The summed E-state index contributed by atoms with van der Waals surface area (Å²) in [6.45, 7) is 4.77. The number of halogens is 1. The molecule has 2 aromatic rings. The predicted molar refractivity (Wildman–Crippen MR) is 116 cm³/mol. The van der Waals surface area contributed by atoms with Crippen LogP contribution in [0.4, 0.5) is 11.4 Å². The molecule has 2 N–H and O–H groups in total. The lowest BCUT2D eigenvalue weighted by molar-refractivity contribution is -0.122. The van der Waals surface area contributed by atoms with Crippen molar-refractivity contribution in [1.29, 1.82) is 0 Å². The largest absolute Gasteiger partial charge is 0.486 e. The molecule has 0 fully saturated rings. The van der Waals surface area contributed by atoms with Crippen molar-refractivity contribution in [3.05, 3.63) is 46.4 Å². The van der Waals surface area contributed by atoms with Crippen LogP contribution in [0, 0.1) is 6.92 Å². The van der Waals surface area contributed by atoms with Gasteiger partial charge in [-0.25, -0.2) is 0 Å². The zero-order valence-corrected chi connectivity index (χ0v) is 18.2. The number of carbonyl (C=O) groups excluding carboxylic acids is 2. The Morgan fingerprint density at radius 3 is 2.55 bits per heavy atom. The molecule has 2 amide bonds. The van der Waals surface area contributed by atoms with Crippen LogP contribution in [0.25, 0.3) is 0 Å². The van der Waals surface area contributed by atoms with Crippen LogP contribution in [0.15, 0.2) is 40.9 Å². The molecule has 0 bridgehead atoms. The average Bonchev–Trinajstić information content (AvgIpc) is 2.69. The minimum absolute atomic E-state index is 0.0885. The van der Waals surface area contributed by atoms with E-state index in [9.17, 15) is 9.59 Å². The standard InChI is InChI=1S/C21H24BrN3O4/c1-13-10-15(22)4-6-17(13)24-20(26)12-25(3)14(2)21(27)23-16-5-7-18-19(11-16)29-9-8-28-18/h4-7,10-11,14H,8-9,12H2,1-3H3,(H,23,27)(H,24,26)/t14-/m1/s1. The smallest absolute Gasteiger partial charge is 0.241 e. The number of aryl methyl sites for hydroxylation is 1. The molecular formula is C21H24BrN3O4. The molecule has 0 spiro atoms. The first-order valence-corrected chi connectivity index (χ1v) is 10.1. The second kappa shape index (κ2) is 9.28. The van der Waals surface area contributed by atoms with Gasteiger partial charge in [-0.15, -0.1) is 0 Å². The van der Waals surface area contributed by atoms with E-state index in [1.54, 1.807) is 37.1 Å². The van der Waals surface area contributed by atoms with Gasteiger partial charge in [-0.2, -0.15) is 0 Å². The highest BCUT2D eigenvalue weighted by Gasteiger charge is 2.21. The van der Waals surface area contributed by atoms with Gasteiger partial charge < -0.3 is 20.1 Å². The Balaban J connectivity index is 1.55. The zero-order chi connectivity index (χ0) is 21.0. The van der Waals surface area contributed by atoms with Crippen LogP contribution in [0.5, 0.6) is 11.5 Å². The molecule has 0 saturated heterocycles. The number of fused-ring (bicyclic) bond motifs is 1. The fourth-order valence-electron chi connectivity index (χ4n) is 2.89. The number of ether oxygens (including phenoxy) is 2. The Morgan fingerprint density at radius 1 is 1.10 bits per heavy atom. The summed E-state index contributed by atoms with van der Waals surface area (Å²) >= 11 is 3.40. The Bertz CT molecular complexity index is 919. The van der Waals surface area contributed by atoms with Gasteiger partial charge in [0.25, 0.3) is 0 Å². The number of amides is 2. The molecule has 7 nitrogen and oxygen atoms in total. The predicted octanol–water partition coefficient (Wildman–Crippen LogP) is 3.43. The normalized spacial score (nSPS) is 13.7. The van der Waals surface area contributed by atoms with Gasteiger partial charge in [0.1, 0.15) is 13.2 Å². The third-order valence-corrected chi connectivity index (χ3v) is 5.20. The SMILES string of the molecule is Cc1cc(Br)ccc1NC(=O)CN(C)[C@H](C)C(=O)Nc1ccc2c(c1)OCCO2. The number of hydrogen-bond donors (Lipinski definition) is 2. The molecule has 0 unspecified atom stereocenters. The van der Waals surface area contributed by atoms with Crippen molar-refractivity contribution >= 4 is 39.1 Å². The summed E-state index contributed by atoms with van der Waals surface area (Å²) in [5, 5.41) is 5.74. The molecule has 1 atom stereocenters. The summed E-state index contributed by atoms with van der Waals surface area (Å²) in [6, 6.07) is 10.4. The molecule has 1 aliphatic heterocycles. The lowest BCUT2D eigenvalue weighted by Gasteiger charge is -2.24. The summed E-state index contributed by atoms with van der Waals surface area (Å²) in [6.07, 6.45) is 0. The summed E-state index contributed by atoms with van der Waals surface area (Å²) in [5.74, 6) is 0.882. The van der Waals surface area contributed by atoms with E-state index in [1.165, 1.54) is 0 Å². The number of benzene rings is 2. The molecule has 0 aromatic heterocycles. The number of hydrogen-bond acceptors (Lipinski definition) is 5. The molecule has 154 valence electrons. The quantitative estimate of drug-likeness (QED) is 0.688. The van der Waals surface area contributed by atoms with Crippen molar-refractivity contribution in [3.63, 3.8) is 0 Å². The number of anilines is 2. The van der Waals surface area contributed by atoms with Crippen LogP contribution in [-0.4, -0.2) is 49.6 Å². The molecule has 0 saturated carbocycles. The summed E-state index contributed by atoms with van der Waals surface area (Å²) in [5.41, 5.74) is 2.33. The molecule has 0 radical (unpaired) electrons. The van der Waals surface area contributed by atoms with Crippen LogP contribution in [0.1, 0.15) is 12.5 Å². The zero-order valence-electron chi connectivity index (χ0n) is 16.6. The first kappa shape index (κ1) is 21.1. The minimum Gasteiger partial charge on any atom is -0.486 e. The van der Waals surface area contributed by atoms with Crippen molar-refractivity contribution in [2.24, 2.45) is 0 Å². The van der Waals surface area contributed by atoms with E-state index < -0.39 is 6.04 Å². The highest BCUT2D eigenvalue weighted by molar-refractivity contribution is 9.10. The van der Waals surface area contributed by atoms with E-state index >= 15 is 0 Å². The fraction of sp³-hybridized carbons (Fsp3) is 0.333. The fourth-order valence-corrected chi connectivity index (χ4v) is 3.36. The Kier molecular flexibility index (Phi) is 6.76. The van der Waals surface area contributed by atoms with Gasteiger partial charge in [0, 0.05) is 21.9 Å². The second-order valence-electron chi connectivity index (χ2n) is 6.95. The van der Waals surface area contributed by atoms with Gasteiger partial charge in [0.2, 0.25) is 11.8 Å². The van der Waals surface area contributed by atoms with E-state index in [4.69, 9.17) is 9.47 Å². The maximum Gasteiger partial charge on any atom is 0.241 e. The first-order chi connectivity index (χ1) is 13.8. The van der Waals surface area contributed by atoms with Crippen LogP contribution in [0.2, 0.25) is 0 Å². The number of nitrogens with zero attached hydrogens (tertiary/aromatic N) is 1. The van der Waals surface area contributed by atoms with Crippen LogP contribution in [-0.2, 0) is 9.59 Å². The maximum atomic E-state index is 12.6. The third-order valence-electron chi connectivity index (χ3n) is 4.71. The molecule has 1 aliphatic rings. The van der Waals surface area contributed by atoms with Gasteiger partial charge in [-0.05, 0) is 56.8 Å². The van der Waals surface area contributed by atoms with Gasteiger partial charge in [-0.1, -0.05) is 15.9 Å². The molecular weight excluding hydrogens is 438 g/mol. The molecule has 2 aromatic carbocycles. The van der Waals surface area contributed by atoms with Crippen LogP contribution < -0.4 is 20.1 Å². The molecule has 8 heteroatoms. The van der Waals surface area contributed by atoms with Crippen molar-refractivity contribution in [3.8, 4) is 11.5 Å². The molecule has 29 heavy (non-hydrogen) atoms. The summed E-state index contributed by atoms with van der Waals surface area (Å²) < 4.78 is 12.0. The van der Waals surface area contributed by atoms with Crippen molar-refractivity contribution in [2.75, 3.05) is 37.4 Å². The lowest BCUT2D eigenvalue weighted by Crippen LogP contribution is -2.43. The number of rotatable bonds is 6. The molecule has 1 heterocycles. The van der Waals surface area contributed by atoms with Crippen LogP contribution >= 0.6 is 15.9 Å². The Hall–Kier alpha value is -2.58. The first-order valence-electron chi connectivity index (χ1n) is 9.30. The Morgan fingerprint density at radius 2 is 1.83 bits per heavy atom. The van der Waals surface area contributed by atoms with Gasteiger partial charge in [-0.3, -0.25) is 14.5 Å². The average molecular weight is 462 g/mol. The van der Waals surface area contributed by atoms with E-state index in [1.807, 2.05) is 25.1 Å². The topological polar surface area (TPSA) is 79.9 Å². The number of likely N-dealkylation sites (N-methyl/N-ethyl adjacent to an activating group) is 1. The highest BCUT2D eigenvalue weighted by atomic mass is 79.9. The molecule has 0 aliphatic carbocycles. The highest BCUT2D eigenvalue weighted by Crippen LogP contribution is 2.32. The van der Waals surface area contributed by atoms with Gasteiger partial charge >= 0.3 is 0 Å². The van der Waals surface area contributed by atoms with Gasteiger partial charge in [0.15, 0.2) is 11.5 Å². The summed E-state index contributed by atoms with van der Waals surface area (Å²) in [4.78, 5) is 26.7. The second-order valence-corrected chi connectivity index (χ2v) is 7.86. The van der Waals surface area contributed by atoms with Crippen molar-refractivity contribution in [1.82, 2.24) is 4.90 Å². The van der Waals surface area contributed by atoms with E-state index in [2.05, 4.69) is 26.6 Å². The number of nitrogens with one attached hydrogen (secondary N) is 2. The van der Waals surface area contributed by atoms with Crippen molar-refractivity contribution in [2.45, 2.75) is 19.9 Å². The maximum absolute atomic E-state index is 12.6. The van der Waals surface area contributed by atoms with Crippen molar-refractivity contribution < 1.29 is 19.1 Å². The van der Waals surface area contributed by atoms with E-state index in [-0.39, 0.29) is 18.4 Å². The van der Waals surface area contributed by atoms with Gasteiger partial charge in [0.05, 0.1) is 12.6 Å².